The summed E-state index contributed by atoms with van der Waals surface area (Å²) in [6.07, 6.45) is 3.59. The molecule has 0 spiro atoms. The molecule has 276 valence electrons. The SMILES string of the molecule is Cc1cc(Cl)c(OCCOc2ccc(C(Cc3ccccn3)C(CNC(=O)OC(C)(C)C)C(=O)N(Cc3cccc(C)c3C)C3CC3)cc2)c(Cl)c1. The second-order valence-electron chi connectivity index (χ2n) is 14.5. The minimum Gasteiger partial charge on any atom is -0.490 e. The lowest BCUT2D eigenvalue weighted by Crippen LogP contribution is -2.46. The van der Waals surface area contributed by atoms with Gasteiger partial charge in [-0.1, -0.05) is 59.6 Å². The standard InChI is InChI=1S/C42H49Cl2N3O5/c1-27-22-37(43)39(38(44)23-27)51-21-20-50-34-17-13-30(14-18-34)35(24-32-12-7-8-19-45-32)36(25-46-41(49)52-42(4,5)6)40(48)47(33-15-16-33)26-31-11-9-10-28(2)29(31)3/h7-14,17-19,22-23,33,35-36H,15-16,20-21,24-26H2,1-6H3,(H,46,49). The van der Waals surface area contributed by atoms with Crippen LogP contribution < -0.4 is 14.8 Å². The first-order valence-corrected chi connectivity index (χ1v) is 18.6. The van der Waals surface area contributed by atoms with Gasteiger partial charge in [-0.25, -0.2) is 4.79 Å². The Kier molecular flexibility index (Phi) is 13.1. The number of alkyl carbamates (subject to hydrolysis) is 1. The number of hydrogen-bond donors (Lipinski definition) is 1. The average Bonchev–Trinajstić information content (AvgIpc) is 3.93. The molecule has 1 heterocycles. The summed E-state index contributed by atoms with van der Waals surface area (Å²) in [4.78, 5) is 34.5. The highest BCUT2D eigenvalue weighted by Crippen LogP contribution is 2.37. The molecule has 5 rings (SSSR count). The van der Waals surface area contributed by atoms with E-state index in [2.05, 4.69) is 36.3 Å². The van der Waals surface area contributed by atoms with Gasteiger partial charge in [0, 0.05) is 36.9 Å². The molecule has 52 heavy (non-hydrogen) atoms. The van der Waals surface area contributed by atoms with Crippen molar-refractivity contribution in [3.8, 4) is 11.5 Å². The quantitative estimate of drug-likeness (QED) is 0.122. The molecule has 1 aromatic heterocycles. The molecule has 0 radical (unpaired) electrons. The predicted molar refractivity (Wildman–Crippen MR) is 207 cm³/mol. The first kappa shape index (κ1) is 38.9. The van der Waals surface area contributed by atoms with E-state index in [1.807, 2.05) is 81.1 Å². The predicted octanol–water partition coefficient (Wildman–Crippen LogP) is 9.43. The molecule has 8 nitrogen and oxygen atoms in total. The lowest BCUT2D eigenvalue weighted by atomic mass is 9.81. The summed E-state index contributed by atoms with van der Waals surface area (Å²) in [5.41, 5.74) is 5.54. The molecule has 1 N–H and O–H groups in total. The van der Waals surface area contributed by atoms with Crippen LogP contribution in [0.4, 0.5) is 4.79 Å². The van der Waals surface area contributed by atoms with Crippen LogP contribution in [0.25, 0.3) is 0 Å². The number of carbonyl (C=O) groups excluding carboxylic acids is 2. The minimum absolute atomic E-state index is 0.00806. The van der Waals surface area contributed by atoms with Crippen LogP contribution >= 0.6 is 23.2 Å². The van der Waals surface area contributed by atoms with Crippen LogP contribution in [0.5, 0.6) is 11.5 Å². The summed E-state index contributed by atoms with van der Waals surface area (Å²) in [6, 6.07) is 23.5. The van der Waals surface area contributed by atoms with E-state index in [1.54, 1.807) is 18.3 Å². The van der Waals surface area contributed by atoms with Gasteiger partial charge in [0.05, 0.1) is 16.0 Å². The van der Waals surface area contributed by atoms with E-state index in [-0.39, 0.29) is 37.6 Å². The Hall–Kier alpha value is -4.27. The van der Waals surface area contributed by atoms with Crippen molar-refractivity contribution in [1.29, 1.82) is 0 Å². The van der Waals surface area contributed by atoms with Gasteiger partial charge in [0.15, 0.2) is 5.75 Å². The molecule has 1 aliphatic carbocycles. The van der Waals surface area contributed by atoms with E-state index in [1.165, 1.54) is 11.1 Å². The number of aromatic nitrogens is 1. The molecule has 1 aliphatic rings. The van der Waals surface area contributed by atoms with Crippen LogP contribution in [0.15, 0.2) is 79.0 Å². The third-order valence-corrected chi connectivity index (χ3v) is 9.76. The summed E-state index contributed by atoms with van der Waals surface area (Å²) in [5, 5.41) is 3.84. The average molecular weight is 747 g/mol. The molecule has 0 saturated heterocycles. The molecule has 10 heteroatoms. The second-order valence-corrected chi connectivity index (χ2v) is 15.3. The van der Waals surface area contributed by atoms with Crippen molar-refractivity contribution >= 4 is 35.2 Å². The Morgan fingerprint density at radius 2 is 1.62 bits per heavy atom. The molecule has 1 saturated carbocycles. The van der Waals surface area contributed by atoms with Crippen molar-refractivity contribution in [2.45, 2.75) is 84.9 Å². The largest absolute Gasteiger partial charge is 0.490 e. The molecular weight excluding hydrogens is 697 g/mol. The summed E-state index contributed by atoms with van der Waals surface area (Å²) < 4.78 is 17.4. The maximum atomic E-state index is 14.9. The zero-order valence-corrected chi connectivity index (χ0v) is 32.4. The van der Waals surface area contributed by atoms with Crippen LogP contribution in [-0.2, 0) is 22.5 Å². The lowest BCUT2D eigenvalue weighted by molar-refractivity contribution is -0.137. The molecule has 3 aromatic carbocycles. The number of rotatable bonds is 15. The van der Waals surface area contributed by atoms with Crippen LogP contribution in [0.2, 0.25) is 10.0 Å². The fourth-order valence-corrected chi connectivity index (χ4v) is 6.94. The van der Waals surface area contributed by atoms with Crippen molar-refractivity contribution in [3.63, 3.8) is 0 Å². The highest BCUT2D eigenvalue weighted by Gasteiger charge is 2.40. The second kappa shape index (κ2) is 17.5. The Labute approximate surface area is 317 Å². The fourth-order valence-electron chi connectivity index (χ4n) is 6.24. The lowest BCUT2D eigenvalue weighted by Gasteiger charge is -2.33. The Balaban J connectivity index is 1.40. The van der Waals surface area contributed by atoms with Gasteiger partial charge in [-0.2, -0.15) is 0 Å². The molecular formula is C42H49Cl2N3O5. The van der Waals surface area contributed by atoms with E-state index in [4.69, 9.17) is 37.4 Å². The molecule has 1 fully saturated rings. The van der Waals surface area contributed by atoms with E-state index >= 15 is 0 Å². The number of benzene rings is 3. The number of aryl methyl sites for hydroxylation is 2. The number of ether oxygens (including phenoxy) is 3. The molecule has 2 amide bonds. The summed E-state index contributed by atoms with van der Waals surface area (Å²) in [6.45, 7) is 12.7. The van der Waals surface area contributed by atoms with Crippen LogP contribution in [0, 0.1) is 26.7 Å². The highest BCUT2D eigenvalue weighted by molar-refractivity contribution is 6.37. The number of nitrogens with one attached hydrogen (secondary N) is 1. The van der Waals surface area contributed by atoms with Crippen LogP contribution in [-0.4, -0.2) is 53.3 Å². The van der Waals surface area contributed by atoms with Crippen molar-refractivity contribution in [1.82, 2.24) is 15.2 Å². The fraction of sp³-hybridized carbons (Fsp3) is 0.405. The number of amides is 2. The maximum absolute atomic E-state index is 14.9. The first-order valence-electron chi connectivity index (χ1n) is 17.8. The summed E-state index contributed by atoms with van der Waals surface area (Å²) in [5.74, 6) is 0.143. The van der Waals surface area contributed by atoms with Gasteiger partial charge in [-0.15, -0.1) is 0 Å². The van der Waals surface area contributed by atoms with E-state index in [0.717, 1.165) is 35.2 Å². The summed E-state index contributed by atoms with van der Waals surface area (Å²) >= 11 is 12.7. The molecule has 4 aromatic rings. The van der Waals surface area contributed by atoms with Gasteiger partial charge in [-0.05, 0) is 125 Å². The van der Waals surface area contributed by atoms with Crippen molar-refractivity contribution in [2.24, 2.45) is 5.92 Å². The third-order valence-electron chi connectivity index (χ3n) is 9.20. The van der Waals surface area contributed by atoms with Crippen molar-refractivity contribution < 1.29 is 23.8 Å². The van der Waals surface area contributed by atoms with Gasteiger partial charge in [-0.3, -0.25) is 9.78 Å². The third kappa shape index (κ3) is 10.9. The summed E-state index contributed by atoms with van der Waals surface area (Å²) in [7, 11) is 0. The van der Waals surface area contributed by atoms with Gasteiger partial charge in [0.25, 0.3) is 0 Å². The molecule has 2 unspecified atom stereocenters. The Morgan fingerprint density at radius 3 is 2.25 bits per heavy atom. The normalized spacial score (nSPS) is 13.9. The number of pyridine rings is 1. The van der Waals surface area contributed by atoms with E-state index in [0.29, 0.717) is 34.5 Å². The maximum Gasteiger partial charge on any atom is 0.407 e. The number of carbonyl (C=O) groups is 2. The molecule has 2 atom stereocenters. The Bertz CT molecular complexity index is 1800. The van der Waals surface area contributed by atoms with Gasteiger partial charge >= 0.3 is 6.09 Å². The van der Waals surface area contributed by atoms with Crippen molar-refractivity contribution in [3.05, 3.63) is 123 Å². The van der Waals surface area contributed by atoms with E-state index in [9.17, 15) is 9.59 Å². The zero-order valence-electron chi connectivity index (χ0n) is 30.9. The smallest absolute Gasteiger partial charge is 0.407 e. The van der Waals surface area contributed by atoms with E-state index < -0.39 is 17.6 Å². The van der Waals surface area contributed by atoms with Gasteiger partial charge in [0.1, 0.15) is 24.6 Å². The van der Waals surface area contributed by atoms with Crippen LogP contribution in [0.1, 0.15) is 73.0 Å². The zero-order chi connectivity index (χ0) is 37.4. The monoisotopic (exact) mass is 745 g/mol. The molecule has 0 bridgehead atoms. The number of nitrogens with zero attached hydrogens (tertiary/aromatic N) is 2. The number of hydrogen-bond acceptors (Lipinski definition) is 6. The Morgan fingerprint density at radius 1 is 0.923 bits per heavy atom. The first-order chi connectivity index (χ1) is 24.8. The minimum atomic E-state index is -0.681. The number of halogens is 2. The molecule has 0 aliphatic heterocycles. The van der Waals surface area contributed by atoms with Crippen LogP contribution in [0.3, 0.4) is 0 Å². The van der Waals surface area contributed by atoms with Gasteiger partial charge < -0.3 is 24.4 Å². The topological polar surface area (TPSA) is 90.0 Å². The van der Waals surface area contributed by atoms with Crippen molar-refractivity contribution in [2.75, 3.05) is 19.8 Å². The highest BCUT2D eigenvalue weighted by atomic mass is 35.5. The van der Waals surface area contributed by atoms with Gasteiger partial charge in [0.2, 0.25) is 5.91 Å².